The van der Waals surface area contributed by atoms with E-state index in [4.69, 9.17) is 0 Å². The standard InChI is InChI=1S/C14H18N4O5S2/c19-14(13-9-24-10-15-13)16-4-6-17(7-5-16)25(22,23)12-3-1-2-11(8-12)18(20)21/h1-3,8,13,15H,4-7,9-10H2. The van der Waals surface area contributed by atoms with Gasteiger partial charge in [0, 0.05) is 49.9 Å². The summed E-state index contributed by atoms with van der Waals surface area (Å²) >= 11 is 1.66. The molecule has 25 heavy (non-hydrogen) atoms. The van der Waals surface area contributed by atoms with Crippen LogP contribution in [0.1, 0.15) is 0 Å². The minimum atomic E-state index is -3.82. The van der Waals surface area contributed by atoms with Crippen LogP contribution >= 0.6 is 11.8 Å². The summed E-state index contributed by atoms with van der Waals surface area (Å²) in [6, 6.07) is 4.81. The summed E-state index contributed by atoms with van der Waals surface area (Å²) < 4.78 is 26.6. The zero-order chi connectivity index (χ0) is 18.0. The minimum absolute atomic E-state index is 0.00241. The Balaban J connectivity index is 1.68. The highest BCUT2D eigenvalue weighted by Gasteiger charge is 2.33. The number of nitro groups is 1. The lowest BCUT2D eigenvalue weighted by Crippen LogP contribution is -2.54. The molecule has 1 aromatic rings. The molecule has 1 unspecified atom stereocenters. The van der Waals surface area contributed by atoms with Crippen LogP contribution in [0.5, 0.6) is 0 Å². The minimum Gasteiger partial charge on any atom is -0.339 e. The first-order valence-corrected chi connectivity index (χ1v) is 10.3. The summed E-state index contributed by atoms with van der Waals surface area (Å²) in [5.41, 5.74) is -0.264. The molecule has 2 saturated heterocycles. The van der Waals surface area contributed by atoms with Crippen LogP contribution in [0.25, 0.3) is 0 Å². The number of sulfonamides is 1. The molecule has 1 aromatic carbocycles. The van der Waals surface area contributed by atoms with E-state index < -0.39 is 14.9 Å². The zero-order valence-corrected chi connectivity index (χ0v) is 15.0. The van der Waals surface area contributed by atoms with Crippen molar-refractivity contribution in [2.75, 3.05) is 37.8 Å². The molecule has 11 heteroatoms. The number of rotatable bonds is 4. The largest absolute Gasteiger partial charge is 0.339 e. The summed E-state index contributed by atoms with van der Waals surface area (Å²) in [6.07, 6.45) is 0. The molecule has 2 heterocycles. The molecule has 0 aliphatic carbocycles. The number of hydrogen-bond acceptors (Lipinski definition) is 7. The second kappa shape index (κ2) is 7.28. The van der Waals surface area contributed by atoms with Crippen molar-refractivity contribution >= 4 is 33.4 Å². The number of nitrogens with one attached hydrogen (secondary N) is 1. The van der Waals surface area contributed by atoms with E-state index in [0.29, 0.717) is 13.1 Å². The van der Waals surface area contributed by atoms with Crippen molar-refractivity contribution < 1.29 is 18.1 Å². The highest BCUT2D eigenvalue weighted by molar-refractivity contribution is 7.99. The fourth-order valence-electron chi connectivity index (χ4n) is 2.83. The Labute approximate surface area is 149 Å². The summed E-state index contributed by atoms with van der Waals surface area (Å²) in [5.74, 6) is 1.47. The van der Waals surface area contributed by atoms with Crippen molar-refractivity contribution in [1.82, 2.24) is 14.5 Å². The van der Waals surface area contributed by atoms with Gasteiger partial charge in [0.1, 0.15) is 0 Å². The van der Waals surface area contributed by atoms with E-state index in [9.17, 15) is 23.3 Å². The molecular weight excluding hydrogens is 368 g/mol. The van der Waals surface area contributed by atoms with Gasteiger partial charge in [-0.2, -0.15) is 4.31 Å². The Morgan fingerprint density at radius 2 is 2.00 bits per heavy atom. The van der Waals surface area contributed by atoms with Crippen molar-refractivity contribution in [1.29, 1.82) is 0 Å². The second-order valence-corrected chi connectivity index (χ2v) is 8.72. The van der Waals surface area contributed by atoms with Crippen LogP contribution in [0.3, 0.4) is 0 Å². The molecule has 136 valence electrons. The van der Waals surface area contributed by atoms with Gasteiger partial charge in [0.25, 0.3) is 5.69 Å². The van der Waals surface area contributed by atoms with Crippen molar-refractivity contribution in [3.05, 3.63) is 34.4 Å². The van der Waals surface area contributed by atoms with Gasteiger partial charge in [0.15, 0.2) is 0 Å². The fourth-order valence-corrected chi connectivity index (χ4v) is 5.23. The first-order chi connectivity index (χ1) is 11.9. The van der Waals surface area contributed by atoms with Gasteiger partial charge in [0.2, 0.25) is 15.9 Å². The number of piperazine rings is 1. The van der Waals surface area contributed by atoms with E-state index in [-0.39, 0.29) is 35.6 Å². The van der Waals surface area contributed by atoms with E-state index in [0.717, 1.165) is 17.7 Å². The average Bonchev–Trinajstić information content (AvgIpc) is 3.16. The third kappa shape index (κ3) is 3.78. The van der Waals surface area contributed by atoms with E-state index in [1.54, 1.807) is 16.7 Å². The first-order valence-electron chi connectivity index (χ1n) is 7.74. The smallest absolute Gasteiger partial charge is 0.270 e. The molecule has 1 atom stereocenters. The number of thioether (sulfide) groups is 1. The van der Waals surface area contributed by atoms with E-state index in [1.165, 1.54) is 22.5 Å². The monoisotopic (exact) mass is 386 g/mol. The lowest BCUT2D eigenvalue weighted by Gasteiger charge is -2.35. The predicted octanol–water partition coefficient (Wildman–Crippen LogP) is 0.0902. The summed E-state index contributed by atoms with van der Waals surface area (Å²) in [6.45, 7) is 0.985. The normalized spacial score (nSPS) is 22.1. The number of hydrogen-bond donors (Lipinski definition) is 1. The Morgan fingerprint density at radius 3 is 2.60 bits per heavy atom. The SMILES string of the molecule is O=C(C1CSCN1)N1CCN(S(=O)(=O)c2cccc([N+](=O)[O-])c2)CC1. The average molecular weight is 386 g/mol. The van der Waals surface area contributed by atoms with Gasteiger partial charge in [-0.1, -0.05) is 6.07 Å². The van der Waals surface area contributed by atoms with Crippen molar-refractivity contribution in [2.45, 2.75) is 10.9 Å². The van der Waals surface area contributed by atoms with E-state index in [1.807, 2.05) is 0 Å². The number of nitrogens with zero attached hydrogens (tertiary/aromatic N) is 3. The number of amides is 1. The van der Waals surface area contributed by atoms with Gasteiger partial charge in [-0.3, -0.25) is 20.2 Å². The number of benzene rings is 1. The van der Waals surface area contributed by atoms with Crippen LogP contribution in [0, 0.1) is 10.1 Å². The first kappa shape index (κ1) is 18.1. The molecule has 0 aromatic heterocycles. The highest BCUT2D eigenvalue weighted by atomic mass is 32.2. The second-order valence-electron chi connectivity index (χ2n) is 5.76. The number of non-ortho nitro benzene ring substituents is 1. The lowest BCUT2D eigenvalue weighted by atomic mass is 10.2. The summed E-state index contributed by atoms with van der Waals surface area (Å²) in [4.78, 5) is 24.1. The molecule has 3 rings (SSSR count). The zero-order valence-electron chi connectivity index (χ0n) is 13.3. The molecule has 2 aliphatic rings. The van der Waals surface area contributed by atoms with Crippen LogP contribution in [0.15, 0.2) is 29.2 Å². The number of nitro benzene ring substituents is 1. The van der Waals surface area contributed by atoms with Gasteiger partial charge in [-0.25, -0.2) is 8.42 Å². The molecule has 9 nitrogen and oxygen atoms in total. The highest BCUT2D eigenvalue weighted by Crippen LogP contribution is 2.22. The third-order valence-corrected chi connectivity index (χ3v) is 7.07. The topological polar surface area (TPSA) is 113 Å². The molecule has 0 spiro atoms. The molecule has 1 amide bonds. The number of carbonyl (C=O) groups is 1. The van der Waals surface area contributed by atoms with Gasteiger partial charge in [-0.15, -0.1) is 11.8 Å². The lowest BCUT2D eigenvalue weighted by molar-refractivity contribution is -0.385. The summed E-state index contributed by atoms with van der Waals surface area (Å²) in [7, 11) is -3.82. The Hall–Kier alpha value is -1.69. The molecule has 2 aliphatic heterocycles. The van der Waals surface area contributed by atoms with Gasteiger partial charge < -0.3 is 4.90 Å². The van der Waals surface area contributed by atoms with Crippen LogP contribution in [0.4, 0.5) is 5.69 Å². The van der Waals surface area contributed by atoms with Crippen LogP contribution in [-0.4, -0.2) is 72.3 Å². The van der Waals surface area contributed by atoms with E-state index >= 15 is 0 Å². The van der Waals surface area contributed by atoms with Crippen LogP contribution in [-0.2, 0) is 14.8 Å². The Morgan fingerprint density at radius 1 is 1.28 bits per heavy atom. The molecule has 2 fully saturated rings. The van der Waals surface area contributed by atoms with E-state index in [2.05, 4.69) is 5.32 Å². The molecule has 0 radical (unpaired) electrons. The maximum absolute atomic E-state index is 12.7. The predicted molar refractivity (Wildman–Crippen MR) is 92.7 cm³/mol. The maximum Gasteiger partial charge on any atom is 0.270 e. The van der Waals surface area contributed by atoms with Crippen LogP contribution < -0.4 is 5.32 Å². The number of carbonyl (C=O) groups excluding carboxylic acids is 1. The molecule has 0 saturated carbocycles. The third-order valence-electron chi connectivity index (χ3n) is 4.23. The Kier molecular flexibility index (Phi) is 5.27. The molecular formula is C14H18N4O5S2. The summed E-state index contributed by atoms with van der Waals surface area (Å²) in [5, 5.41) is 14.0. The fraction of sp³-hybridized carbons (Fsp3) is 0.500. The molecule has 1 N–H and O–H groups in total. The maximum atomic E-state index is 12.7. The van der Waals surface area contributed by atoms with Crippen molar-refractivity contribution in [3.8, 4) is 0 Å². The van der Waals surface area contributed by atoms with Crippen molar-refractivity contribution in [3.63, 3.8) is 0 Å². The van der Waals surface area contributed by atoms with Gasteiger partial charge in [0.05, 0.1) is 15.9 Å². The quantitative estimate of drug-likeness (QED) is 0.576. The van der Waals surface area contributed by atoms with Crippen molar-refractivity contribution in [2.24, 2.45) is 0 Å². The molecule has 0 bridgehead atoms. The Bertz CT molecular complexity index is 771. The van der Waals surface area contributed by atoms with Gasteiger partial charge in [-0.05, 0) is 6.07 Å². The van der Waals surface area contributed by atoms with Gasteiger partial charge >= 0.3 is 0 Å². The van der Waals surface area contributed by atoms with Crippen LogP contribution in [0.2, 0.25) is 0 Å².